The van der Waals surface area contributed by atoms with E-state index in [9.17, 15) is 4.79 Å². The summed E-state index contributed by atoms with van der Waals surface area (Å²) in [7, 11) is 0. The highest BCUT2D eigenvalue weighted by Crippen LogP contribution is 2.28. The van der Waals surface area contributed by atoms with E-state index in [2.05, 4.69) is 20.5 Å². The lowest BCUT2D eigenvalue weighted by Crippen LogP contribution is -2.40. The number of hydrogen-bond donors (Lipinski definition) is 2. The van der Waals surface area contributed by atoms with Crippen LogP contribution in [0.2, 0.25) is 0 Å². The Bertz CT molecular complexity index is 1240. The third kappa shape index (κ3) is 4.43. The number of aromatic amines is 1. The highest BCUT2D eigenvalue weighted by Gasteiger charge is 2.19. The Labute approximate surface area is 189 Å². The number of hydrogen-bond acceptors (Lipinski definition) is 7. The van der Waals surface area contributed by atoms with Crippen LogP contribution in [0.5, 0.6) is 5.75 Å². The number of benzene rings is 2. The van der Waals surface area contributed by atoms with E-state index in [0.29, 0.717) is 62.0 Å². The molecule has 4 aromatic rings. The van der Waals surface area contributed by atoms with Crippen LogP contribution in [-0.4, -0.2) is 80.6 Å². The molecule has 0 aliphatic carbocycles. The van der Waals surface area contributed by atoms with E-state index >= 15 is 0 Å². The summed E-state index contributed by atoms with van der Waals surface area (Å²) in [5.41, 5.74) is 3.57. The van der Waals surface area contributed by atoms with Gasteiger partial charge in [-0.3, -0.25) is 9.89 Å². The van der Waals surface area contributed by atoms with Gasteiger partial charge in [0.05, 0.1) is 37.2 Å². The zero-order valence-corrected chi connectivity index (χ0v) is 18.0. The quantitative estimate of drug-likeness (QED) is 0.415. The first-order valence-corrected chi connectivity index (χ1v) is 10.8. The number of rotatable bonds is 7. The molecule has 10 heteroatoms. The number of carbonyl (C=O) groups excluding carboxylic acids is 1. The van der Waals surface area contributed by atoms with E-state index in [1.165, 1.54) is 0 Å². The number of amides is 1. The molecule has 170 valence electrons. The lowest BCUT2D eigenvalue weighted by molar-refractivity contribution is 0.0303. The van der Waals surface area contributed by atoms with E-state index in [1.807, 2.05) is 30.3 Å². The fourth-order valence-electron chi connectivity index (χ4n) is 3.74. The standard InChI is InChI=1S/C23H24N6O4/c30-10-1-11-33-18-6-7-20-19(14-18)22(26-24-20)21-15-29(27-25-21)17-4-2-16(3-5-17)23(31)28-8-12-32-13-9-28/h2-7,14-15,30H,1,8-13H2,(H,24,26). The van der Waals surface area contributed by atoms with Crippen LogP contribution in [0.25, 0.3) is 28.0 Å². The second-order valence-corrected chi connectivity index (χ2v) is 7.71. The van der Waals surface area contributed by atoms with Crippen LogP contribution < -0.4 is 4.74 Å². The molecule has 5 rings (SSSR count). The van der Waals surface area contributed by atoms with Crippen molar-refractivity contribution in [2.75, 3.05) is 39.5 Å². The van der Waals surface area contributed by atoms with Crippen molar-refractivity contribution in [3.8, 4) is 22.8 Å². The van der Waals surface area contributed by atoms with Gasteiger partial charge in [0.1, 0.15) is 17.1 Å². The number of morpholine rings is 1. The molecule has 1 saturated heterocycles. The Hall–Kier alpha value is -3.76. The second-order valence-electron chi connectivity index (χ2n) is 7.71. The summed E-state index contributed by atoms with van der Waals surface area (Å²) in [6, 6.07) is 13.0. The number of fused-ring (bicyclic) bond motifs is 1. The molecule has 2 aromatic carbocycles. The van der Waals surface area contributed by atoms with Gasteiger partial charge >= 0.3 is 0 Å². The van der Waals surface area contributed by atoms with Crippen molar-refractivity contribution >= 4 is 16.8 Å². The minimum atomic E-state index is 0.00383. The molecular weight excluding hydrogens is 424 g/mol. The molecule has 10 nitrogen and oxygen atoms in total. The minimum Gasteiger partial charge on any atom is -0.493 e. The fraction of sp³-hybridized carbons (Fsp3) is 0.304. The number of ether oxygens (including phenoxy) is 2. The van der Waals surface area contributed by atoms with Crippen molar-refractivity contribution in [1.29, 1.82) is 0 Å². The molecule has 0 unspecified atom stereocenters. The number of aliphatic hydroxyl groups is 1. The zero-order chi connectivity index (χ0) is 22.6. The zero-order valence-electron chi connectivity index (χ0n) is 18.0. The number of aromatic nitrogens is 5. The number of carbonyl (C=O) groups is 1. The van der Waals surface area contributed by atoms with Gasteiger partial charge in [-0.05, 0) is 42.5 Å². The van der Waals surface area contributed by atoms with Crippen LogP contribution in [0.1, 0.15) is 16.8 Å². The van der Waals surface area contributed by atoms with Crippen molar-refractivity contribution in [3.05, 3.63) is 54.2 Å². The molecule has 0 saturated carbocycles. The molecule has 1 aliphatic rings. The fourth-order valence-corrected chi connectivity index (χ4v) is 3.74. The highest BCUT2D eigenvalue weighted by atomic mass is 16.5. The molecule has 2 aromatic heterocycles. The Kier molecular flexibility index (Phi) is 6.01. The predicted octanol–water partition coefficient (Wildman–Crippen LogP) is 2.04. The van der Waals surface area contributed by atoms with Gasteiger partial charge in [0.15, 0.2) is 0 Å². The molecule has 0 atom stereocenters. The van der Waals surface area contributed by atoms with Crippen LogP contribution in [0.4, 0.5) is 0 Å². The van der Waals surface area contributed by atoms with E-state index in [-0.39, 0.29) is 12.5 Å². The van der Waals surface area contributed by atoms with E-state index in [1.54, 1.807) is 27.9 Å². The molecule has 0 bridgehead atoms. The molecule has 33 heavy (non-hydrogen) atoms. The van der Waals surface area contributed by atoms with Gasteiger partial charge in [-0.1, -0.05) is 5.21 Å². The topological polar surface area (TPSA) is 118 Å². The lowest BCUT2D eigenvalue weighted by Gasteiger charge is -2.26. The van der Waals surface area contributed by atoms with Gasteiger partial charge < -0.3 is 19.5 Å². The monoisotopic (exact) mass is 448 g/mol. The number of aliphatic hydroxyl groups excluding tert-OH is 1. The Morgan fingerprint density at radius 3 is 2.76 bits per heavy atom. The minimum absolute atomic E-state index is 0.00383. The second kappa shape index (κ2) is 9.39. The predicted molar refractivity (Wildman–Crippen MR) is 120 cm³/mol. The third-order valence-corrected chi connectivity index (χ3v) is 5.52. The average Bonchev–Trinajstić information content (AvgIpc) is 3.51. The van der Waals surface area contributed by atoms with Gasteiger partial charge in [0.2, 0.25) is 0 Å². The Morgan fingerprint density at radius 1 is 1.15 bits per heavy atom. The summed E-state index contributed by atoms with van der Waals surface area (Å²) in [5.74, 6) is 0.704. The van der Waals surface area contributed by atoms with Crippen LogP contribution in [0.3, 0.4) is 0 Å². The van der Waals surface area contributed by atoms with Crippen LogP contribution in [0.15, 0.2) is 48.7 Å². The van der Waals surface area contributed by atoms with Crippen molar-refractivity contribution in [2.24, 2.45) is 0 Å². The summed E-state index contributed by atoms with van der Waals surface area (Å²) >= 11 is 0. The SMILES string of the molecule is O=C(c1ccc(-n2cc(-c3n[nH]c4ccc(OCCCO)cc34)nn2)cc1)N1CCOCC1. The first kappa shape index (κ1) is 21.1. The van der Waals surface area contributed by atoms with Gasteiger partial charge in [0, 0.05) is 37.1 Å². The Morgan fingerprint density at radius 2 is 1.97 bits per heavy atom. The van der Waals surface area contributed by atoms with Gasteiger partial charge in [-0.15, -0.1) is 5.10 Å². The van der Waals surface area contributed by atoms with E-state index in [0.717, 1.165) is 16.6 Å². The molecule has 0 spiro atoms. The molecule has 1 aliphatic heterocycles. The molecule has 3 heterocycles. The summed E-state index contributed by atoms with van der Waals surface area (Å²) in [6.07, 6.45) is 2.37. The molecular formula is C23H24N6O4. The van der Waals surface area contributed by atoms with Crippen molar-refractivity contribution in [2.45, 2.75) is 6.42 Å². The molecule has 1 fully saturated rings. The van der Waals surface area contributed by atoms with Gasteiger partial charge in [-0.2, -0.15) is 5.10 Å². The Balaban J connectivity index is 1.35. The third-order valence-electron chi connectivity index (χ3n) is 5.52. The van der Waals surface area contributed by atoms with E-state index < -0.39 is 0 Å². The first-order valence-electron chi connectivity index (χ1n) is 10.8. The summed E-state index contributed by atoms with van der Waals surface area (Å²) < 4.78 is 12.7. The van der Waals surface area contributed by atoms with Crippen LogP contribution in [0, 0.1) is 0 Å². The maximum atomic E-state index is 12.6. The molecule has 0 radical (unpaired) electrons. The first-order chi connectivity index (χ1) is 16.2. The number of nitrogens with one attached hydrogen (secondary N) is 1. The normalized spacial score (nSPS) is 14.0. The number of H-pyrrole nitrogens is 1. The molecule has 2 N–H and O–H groups in total. The van der Waals surface area contributed by atoms with Crippen molar-refractivity contribution in [1.82, 2.24) is 30.1 Å². The van der Waals surface area contributed by atoms with Crippen LogP contribution >= 0.6 is 0 Å². The van der Waals surface area contributed by atoms with Crippen molar-refractivity contribution < 1.29 is 19.4 Å². The lowest BCUT2D eigenvalue weighted by atomic mass is 10.1. The highest BCUT2D eigenvalue weighted by molar-refractivity contribution is 5.94. The van der Waals surface area contributed by atoms with Crippen LogP contribution in [-0.2, 0) is 4.74 Å². The maximum absolute atomic E-state index is 12.6. The summed E-state index contributed by atoms with van der Waals surface area (Å²) in [6.45, 7) is 2.89. The van der Waals surface area contributed by atoms with Gasteiger partial charge in [0.25, 0.3) is 5.91 Å². The number of nitrogens with zero attached hydrogens (tertiary/aromatic N) is 5. The largest absolute Gasteiger partial charge is 0.493 e. The van der Waals surface area contributed by atoms with E-state index in [4.69, 9.17) is 14.6 Å². The summed E-state index contributed by atoms with van der Waals surface area (Å²) in [4.78, 5) is 14.4. The summed E-state index contributed by atoms with van der Waals surface area (Å²) in [5, 5.41) is 25.7. The van der Waals surface area contributed by atoms with Gasteiger partial charge in [-0.25, -0.2) is 4.68 Å². The smallest absolute Gasteiger partial charge is 0.254 e. The maximum Gasteiger partial charge on any atom is 0.254 e. The van der Waals surface area contributed by atoms with Crippen molar-refractivity contribution in [3.63, 3.8) is 0 Å². The molecule has 1 amide bonds. The average molecular weight is 448 g/mol.